The number of nitrogens with zero attached hydrogens (tertiary/aromatic N) is 4. The van der Waals surface area contributed by atoms with Gasteiger partial charge < -0.3 is 25.4 Å². The number of aliphatic hydroxyl groups excluding tert-OH is 3. The van der Waals surface area contributed by atoms with E-state index >= 15 is 0 Å². The van der Waals surface area contributed by atoms with Crippen LogP contribution in [-0.4, -0.2) is 59.8 Å². The Kier molecular flexibility index (Phi) is 4.98. The number of nitrogens with one attached hydrogen (secondary N) is 1. The van der Waals surface area contributed by atoms with Crippen molar-refractivity contribution < 1.29 is 20.1 Å². The van der Waals surface area contributed by atoms with Gasteiger partial charge in [-0.15, -0.1) is 0 Å². The SMILES string of the molecule is Cc1ccc(CNc2ncnc3c2ncn3C2O[C@H](CO)[C@@H](O)[C@H]2O)c(C)c1. The number of anilines is 1. The van der Waals surface area contributed by atoms with Crippen LogP contribution >= 0.6 is 0 Å². The van der Waals surface area contributed by atoms with Crippen molar-refractivity contribution >= 4 is 17.0 Å². The lowest BCUT2D eigenvalue weighted by atomic mass is 10.1. The lowest BCUT2D eigenvalue weighted by Gasteiger charge is -2.16. The first kappa shape index (κ1) is 18.8. The number of hydrogen-bond donors (Lipinski definition) is 4. The Labute approximate surface area is 161 Å². The maximum atomic E-state index is 10.3. The second-order valence-electron chi connectivity index (χ2n) is 7.06. The largest absolute Gasteiger partial charge is 0.394 e. The molecule has 0 spiro atoms. The normalized spacial score (nSPS) is 24.8. The highest BCUT2D eigenvalue weighted by Crippen LogP contribution is 2.32. The van der Waals surface area contributed by atoms with Crippen LogP contribution in [0.1, 0.15) is 22.9 Å². The summed E-state index contributed by atoms with van der Waals surface area (Å²) in [6.45, 7) is 4.32. The number of benzene rings is 1. The fourth-order valence-corrected chi connectivity index (χ4v) is 3.50. The molecule has 4 rings (SSSR count). The van der Waals surface area contributed by atoms with Crippen LogP contribution in [0.2, 0.25) is 0 Å². The fraction of sp³-hybridized carbons (Fsp3) is 0.421. The summed E-state index contributed by atoms with van der Waals surface area (Å²) in [4.78, 5) is 12.9. The molecule has 1 aliphatic heterocycles. The summed E-state index contributed by atoms with van der Waals surface area (Å²) in [6.07, 6.45) is -1.23. The minimum absolute atomic E-state index is 0.390. The van der Waals surface area contributed by atoms with Crippen LogP contribution in [0.5, 0.6) is 0 Å². The quantitative estimate of drug-likeness (QED) is 0.505. The molecule has 0 radical (unpaired) electrons. The molecule has 0 aliphatic carbocycles. The zero-order valence-electron chi connectivity index (χ0n) is 15.6. The molecule has 4 atom stereocenters. The summed E-state index contributed by atoms with van der Waals surface area (Å²) in [5.41, 5.74) is 4.55. The Morgan fingerprint density at radius 2 is 1.96 bits per heavy atom. The molecule has 1 fully saturated rings. The lowest BCUT2D eigenvalue weighted by molar-refractivity contribution is -0.0511. The molecule has 1 saturated heterocycles. The van der Waals surface area contributed by atoms with Gasteiger partial charge in [0.25, 0.3) is 0 Å². The van der Waals surface area contributed by atoms with Crippen LogP contribution in [0.15, 0.2) is 30.9 Å². The number of aromatic nitrogens is 4. The standard InChI is InChI=1S/C19H23N5O4/c1-10-3-4-12(11(2)5-10)6-20-17-14-18(22-8-21-17)24(9-23-14)19-16(27)15(26)13(7-25)28-19/h3-5,8-9,13,15-16,19,25-27H,6-7H2,1-2H3,(H,20,21,22)/t13-,15-,16-,19?/m1/s1. The number of fused-ring (bicyclic) bond motifs is 1. The first-order valence-corrected chi connectivity index (χ1v) is 9.09. The van der Waals surface area contributed by atoms with Gasteiger partial charge in [-0.1, -0.05) is 23.8 Å². The predicted molar refractivity (Wildman–Crippen MR) is 102 cm³/mol. The first-order valence-electron chi connectivity index (χ1n) is 9.09. The Morgan fingerprint density at radius 3 is 2.68 bits per heavy atom. The topological polar surface area (TPSA) is 126 Å². The number of aryl methyl sites for hydroxylation is 2. The summed E-state index contributed by atoms with van der Waals surface area (Å²) in [5, 5.41) is 32.8. The smallest absolute Gasteiger partial charge is 0.167 e. The van der Waals surface area contributed by atoms with Gasteiger partial charge in [-0.3, -0.25) is 4.57 Å². The molecule has 0 saturated carbocycles. The van der Waals surface area contributed by atoms with Crippen LogP contribution in [0.25, 0.3) is 11.2 Å². The third kappa shape index (κ3) is 3.22. The molecule has 3 heterocycles. The van der Waals surface area contributed by atoms with E-state index in [9.17, 15) is 15.3 Å². The van der Waals surface area contributed by atoms with Crippen molar-refractivity contribution in [1.82, 2.24) is 19.5 Å². The van der Waals surface area contributed by atoms with Crippen LogP contribution in [-0.2, 0) is 11.3 Å². The molecule has 2 aromatic heterocycles. The maximum absolute atomic E-state index is 10.3. The summed E-state index contributed by atoms with van der Waals surface area (Å²) < 4.78 is 7.12. The van der Waals surface area contributed by atoms with Crippen LogP contribution in [0.4, 0.5) is 5.82 Å². The summed E-state index contributed by atoms with van der Waals surface area (Å²) in [5.74, 6) is 0.565. The molecule has 4 N–H and O–H groups in total. The van der Waals surface area contributed by atoms with Gasteiger partial charge in [0.15, 0.2) is 23.2 Å². The van der Waals surface area contributed by atoms with E-state index in [1.807, 2.05) is 0 Å². The van der Waals surface area contributed by atoms with Gasteiger partial charge in [-0.05, 0) is 25.0 Å². The number of imidazole rings is 1. The summed E-state index contributed by atoms with van der Waals surface area (Å²) >= 11 is 0. The number of ether oxygens (including phenoxy) is 1. The highest BCUT2D eigenvalue weighted by Gasteiger charge is 2.44. The van der Waals surface area contributed by atoms with Crippen molar-refractivity contribution in [2.75, 3.05) is 11.9 Å². The highest BCUT2D eigenvalue weighted by atomic mass is 16.6. The van der Waals surface area contributed by atoms with E-state index < -0.39 is 24.5 Å². The Bertz CT molecular complexity index is 992. The minimum Gasteiger partial charge on any atom is -0.394 e. The Balaban J connectivity index is 1.60. The molecule has 1 unspecified atom stereocenters. The van der Waals surface area contributed by atoms with E-state index in [4.69, 9.17) is 4.74 Å². The molecule has 1 aliphatic rings. The van der Waals surface area contributed by atoms with E-state index in [0.29, 0.717) is 23.5 Å². The van der Waals surface area contributed by atoms with Crippen molar-refractivity contribution in [3.63, 3.8) is 0 Å². The van der Waals surface area contributed by atoms with Gasteiger partial charge in [0, 0.05) is 6.54 Å². The number of aliphatic hydroxyl groups is 3. The molecule has 148 valence electrons. The van der Waals surface area contributed by atoms with Crippen molar-refractivity contribution in [3.05, 3.63) is 47.5 Å². The van der Waals surface area contributed by atoms with Gasteiger partial charge in [0.05, 0.1) is 12.9 Å². The van der Waals surface area contributed by atoms with E-state index in [1.54, 1.807) is 4.57 Å². The molecule has 9 heteroatoms. The van der Waals surface area contributed by atoms with Crippen molar-refractivity contribution in [1.29, 1.82) is 0 Å². The molecule has 1 aromatic carbocycles. The Morgan fingerprint density at radius 1 is 1.14 bits per heavy atom. The van der Waals surface area contributed by atoms with Crippen LogP contribution < -0.4 is 5.32 Å². The fourth-order valence-electron chi connectivity index (χ4n) is 3.50. The van der Waals surface area contributed by atoms with Crippen LogP contribution in [0, 0.1) is 13.8 Å². The molecule has 9 nitrogen and oxygen atoms in total. The number of hydrogen-bond acceptors (Lipinski definition) is 8. The monoisotopic (exact) mass is 385 g/mol. The van der Waals surface area contributed by atoms with E-state index in [1.165, 1.54) is 23.8 Å². The van der Waals surface area contributed by atoms with Gasteiger partial charge in [-0.2, -0.15) is 0 Å². The molecule has 0 bridgehead atoms. The van der Waals surface area contributed by atoms with E-state index in [0.717, 1.165) is 5.56 Å². The molecule has 28 heavy (non-hydrogen) atoms. The van der Waals surface area contributed by atoms with E-state index in [2.05, 4.69) is 52.3 Å². The maximum Gasteiger partial charge on any atom is 0.167 e. The average molecular weight is 385 g/mol. The highest BCUT2D eigenvalue weighted by molar-refractivity contribution is 5.82. The molecule has 3 aromatic rings. The molecular weight excluding hydrogens is 362 g/mol. The van der Waals surface area contributed by atoms with Crippen molar-refractivity contribution in [2.24, 2.45) is 0 Å². The predicted octanol–water partition coefficient (Wildman–Crippen LogP) is 0.667. The second kappa shape index (κ2) is 7.44. The molecule has 0 amide bonds. The zero-order valence-corrected chi connectivity index (χ0v) is 15.6. The van der Waals surface area contributed by atoms with E-state index in [-0.39, 0.29) is 6.61 Å². The number of rotatable bonds is 5. The third-order valence-corrected chi connectivity index (χ3v) is 5.09. The zero-order chi connectivity index (χ0) is 19.8. The van der Waals surface area contributed by atoms with Crippen LogP contribution in [0.3, 0.4) is 0 Å². The van der Waals surface area contributed by atoms with Gasteiger partial charge in [0.1, 0.15) is 24.6 Å². The first-order chi connectivity index (χ1) is 13.5. The molecular formula is C19H23N5O4. The third-order valence-electron chi connectivity index (χ3n) is 5.09. The lowest BCUT2D eigenvalue weighted by Crippen LogP contribution is -2.33. The minimum atomic E-state index is -1.20. The van der Waals surface area contributed by atoms with Crippen molar-refractivity contribution in [3.8, 4) is 0 Å². The summed E-state index contributed by atoms with van der Waals surface area (Å²) in [7, 11) is 0. The Hall–Kier alpha value is -2.59. The van der Waals surface area contributed by atoms with Gasteiger partial charge in [-0.25, -0.2) is 15.0 Å². The van der Waals surface area contributed by atoms with Gasteiger partial charge in [0.2, 0.25) is 0 Å². The summed E-state index contributed by atoms with van der Waals surface area (Å²) in [6, 6.07) is 6.27. The average Bonchev–Trinajstić information content (AvgIpc) is 3.23. The second-order valence-corrected chi connectivity index (χ2v) is 7.06. The van der Waals surface area contributed by atoms with Crippen molar-refractivity contribution in [2.45, 2.75) is 44.9 Å². The van der Waals surface area contributed by atoms with Gasteiger partial charge >= 0.3 is 0 Å².